The van der Waals surface area contributed by atoms with Gasteiger partial charge in [0.05, 0.1) is 6.20 Å². The van der Waals surface area contributed by atoms with Crippen molar-refractivity contribution in [2.24, 2.45) is 0 Å². The summed E-state index contributed by atoms with van der Waals surface area (Å²) < 4.78 is 1.95. The zero-order chi connectivity index (χ0) is 10.8. The lowest BCUT2D eigenvalue weighted by Crippen LogP contribution is -2.20. The fraction of sp³-hybridized carbons (Fsp3) is 0.727. The molecular weight excluding hydrogens is 196 g/mol. The number of nitrogens with zero attached hydrogens (tertiary/aromatic N) is 2. The molecule has 0 N–H and O–H groups in total. The normalized spacial score (nSPS) is 14.4. The Morgan fingerprint density at radius 3 is 2.64 bits per heavy atom. The molecule has 0 aliphatic carbocycles. The molecule has 0 fully saturated rings. The van der Waals surface area contributed by atoms with Crippen molar-refractivity contribution in [1.29, 1.82) is 0 Å². The average molecular weight is 215 g/mol. The third-order valence-electron chi connectivity index (χ3n) is 2.53. The molecule has 0 aliphatic heterocycles. The zero-order valence-corrected chi connectivity index (χ0v) is 10.2. The number of rotatable bonds is 4. The second-order valence-corrected chi connectivity index (χ2v) is 5.20. The minimum absolute atomic E-state index is 0.120. The Kier molecular flexibility index (Phi) is 3.59. The van der Waals surface area contributed by atoms with Gasteiger partial charge in [-0.15, -0.1) is 11.6 Å². The number of hydrogen-bond acceptors (Lipinski definition) is 1. The van der Waals surface area contributed by atoms with Crippen molar-refractivity contribution in [3.8, 4) is 0 Å². The van der Waals surface area contributed by atoms with E-state index < -0.39 is 0 Å². The highest BCUT2D eigenvalue weighted by molar-refractivity contribution is 6.20. The van der Waals surface area contributed by atoms with Gasteiger partial charge >= 0.3 is 0 Å². The zero-order valence-electron chi connectivity index (χ0n) is 9.42. The van der Waals surface area contributed by atoms with Gasteiger partial charge in [0.25, 0.3) is 0 Å². The third-order valence-corrected chi connectivity index (χ3v) is 2.68. The second kappa shape index (κ2) is 4.35. The standard InChI is InChI=1S/C11H19ClN2/c1-5-14-8-10(7-13-14)11(3,4)6-9(2)12/h7-9H,5-6H2,1-4H3. The maximum atomic E-state index is 6.03. The molecule has 80 valence electrons. The molecule has 2 nitrogen and oxygen atoms in total. The quantitative estimate of drug-likeness (QED) is 0.704. The number of halogens is 1. The van der Waals surface area contributed by atoms with Gasteiger partial charge in [0.2, 0.25) is 0 Å². The van der Waals surface area contributed by atoms with E-state index in [2.05, 4.69) is 32.1 Å². The van der Waals surface area contributed by atoms with Crippen LogP contribution in [0.1, 0.15) is 39.7 Å². The molecule has 0 bridgehead atoms. The SMILES string of the molecule is CCn1cc(C(C)(C)CC(C)Cl)cn1. The summed E-state index contributed by atoms with van der Waals surface area (Å²) in [6, 6.07) is 0. The van der Waals surface area contributed by atoms with Gasteiger partial charge in [-0.3, -0.25) is 4.68 Å². The van der Waals surface area contributed by atoms with E-state index >= 15 is 0 Å². The highest BCUT2D eigenvalue weighted by Gasteiger charge is 2.23. The lowest BCUT2D eigenvalue weighted by Gasteiger charge is -2.24. The fourth-order valence-corrected chi connectivity index (χ4v) is 2.09. The molecule has 14 heavy (non-hydrogen) atoms. The first kappa shape index (κ1) is 11.6. The van der Waals surface area contributed by atoms with E-state index in [1.54, 1.807) is 0 Å². The lowest BCUT2D eigenvalue weighted by molar-refractivity contribution is 0.476. The van der Waals surface area contributed by atoms with Gasteiger partial charge in [-0.2, -0.15) is 5.10 Å². The summed E-state index contributed by atoms with van der Waals surface area (Å²) in [6.45, 7) is 9.47. The molecule has 0 saturated heterocycles. The molecule has 1 heterocycles. The summed E-state index contributed by atoms with van der Waals surface area (Å²) >= 11 is 6.03. The Labute approximate surface area is 91.3 Å². The Balaban J connectivity index is 2.80. The van der Waals surface area contributed by atoms with Gasteiger partial charge in [-0.1, -0.05) is 13.8 Å². The molecule has 0 saturated carbocycles. The van der Waals surface area contributed by atoms with Crippen LogP contribution in [0.4, 0.5) is 0 Å². The van der Waals surface area contributed by atoms with Crippen molar-refractivity contribution < 1.29 is 0 Å². The van der Waals surface area contributed by atoms with E-state index in [1.807, 2.05) is 17.8 Å². The van der Waals surface area contributed by atoms with E-state index in [0.717, 1.165) is 13.0 Å². The van der Waals surface area contributed by atoms with Crippen molar-refractivity contribution in [2.75, 3.05) is 0 Å². The molecule has 0 radical (unpaired) electrons. The number of hydrogen-bond donors (Lipinski definition) is 0. The maximum Gasteiger partial charge on any atom is 0.0527 e. The molecule has 0 aromatic carbocycles. The summed E-state index contributed by atoms with van der Waals surface area (Å²) in [5.41, 5.74) is 1.39. The van der Waals surface area contributed by atoms with Gasteiger partial charge < -0.3 is 0 Å². The van der Waals surface area contributed by atoms with Crippen LogP contribution in [0, 0.1) is 0 Å². The Hall–Kier alpha value is -0.500. The Bertz CT molecular complexity index is 289. The molecule has 0 spiro atoms. The number of alkyl halides is 1. The predicted molar refractivity (Wildman–Crippen MR) is 60.9 cm³/mol. The maximum absolute atomic E-state index is 6.03. The lowest BCUT2D eigenvalue weighted by atomic mass is 9.82. The first-order valence-electron chi connectivity index (χ1n) is 5.12. The van der Waals surface area contributed by atoms with Crippen LogP contribution in [0.15, 0.2) is 12.4 Å². The first-order chi connectivity index (χ1) is 6.45. The van der Waals surface area contributed by atoms with Crippen molar-refractivity contribution in [1.82, 2.24) is 9.78 Å². The van der Waals surface area contributed by atoms with Crippen LogP contribution in [-0.2, 0) is 12.0 Å². The minimum atomic E-state index is 0.120. The van der Waals surface area contributed by atoms with Crippen LogP contribution in [-0.4, -0.2) is 15.2 Å². The molecule has 1 atom stereocenters. The minimum Gasteiger partial charge on any atom is -0.273 e. The fourth-order valence-electron chi connectivity index (χ4n) is 1.71. The summed E-state index contributed by atoms with van der Waals surface area (Å²) in [4.78, 5) is 0. The van der Waals surface area contributed by atoms with Gasteiger partial charge in [0.1, 0.15) is 0 Å². The Morgan fingerprint density at radius 1 is 1.57 bits per heavy atom. The second-order valence-electron chi connectivity index (χ2n) is 4.45. The monoisotopic (exact) mass is 214 g/mol. The number of aryl methyl sites for hydroxylation is 1. The largest absolute Gasteiger partial charge is 0.273 e. The summed E-state index contributed by atoms with van der Waals surface area (Å²) in [6.07, 6.45) is 5.03. The van der Waals surface area contributed by atoms with E-state index in [9.17, 15) is 0 Å². The molecule has 1 unspecified atom stereocenters. The number of aromatic nitrogens is 2. The Morgan fingerprint density at radius 2 is 2.21 bits per heavy atom. The van der Waals surface area contributed by atoms with Crippen LogP contribution in [0.25, 0.3) is 0 Å². The summed E-state index contributed by atoms with van der Waals surface area (Å²) in [5, 5.41) is 4.49. The van der Waals surface area contributed by atoms with Gasteiger partial charge in [0, 0.05) is 18.1 Å². The molecule has 1 rings (SSSR count). The van der Waals surface area contributed by atoms with Crippen LogP contribution in [0.3, 0.4) is 0 Å². The highest BCUT2D eigenvalue weighted by atomic mass is 35.5. The van der Waals surface area contributed by atoms with Crippen LogP contribution < -0.4 is 0 Å². The van der Waals surface area contributed by atoms with Crippen molar-refractivity contribution in [2.45, 2.75) is 51.5 Å². The average Bonchev–Trinajstić information content (AvgIpc) is 2.49. The van der Waals surface area contributed by atoms with Crippen molar-refractivity contribution >= 4 is 11.6 Å². The predicted octanol–water partition coefficient (Wildman–Crippen LogP) is 3.20. The van der Waals surface area contributed by atoms with Gasteiger partial charge in [-0.05, 0) is 31.2 Å². The topological polar surface area (TPSA) is 17.8 Å². The van der Waals surface area contributed by atoms with E-state index in [0.29, 0.717) is 0 Å². The van der Waals surface area contributed by atoms with Crippen LogP contribution in [0.2, 0.25) is 0 Å². The first-order valence-corrected chi connectivity index (χ1v) is 5.56. The van der Waals surface area contributed by atoms with Gasteiger partial charge in [0.15, 0.2) is 0 Å². The van der Waals surface area contributed by atoms with Crippen LogP contribution in [0.5, 0.6) is 0 Å². The van der Waals surface area contributed by atoms with E-state index in [-0.39, 0.29) is 10.8 Å². The molecule has 1 aromatic heterocycles. The van der Waals surface area contributed by atoms with Crippen molar-refractivity contribution in [3.05, 3.63) is 18.0 Å². The molecule has 1 aromatic rings. The van der Waals surface area contributed by atoms with E-state index in [4.69, 9.17) is 11.6 Å². The van der Waals surface area contributed by atoms with Gasteiger partial charge in [-0.25, -0.2) is 0 Å². The molecule has 3 heteroatoms. The summed E-state index contributed by atoms with van der Waals surface area (Å²) in [5.74, 6) is 0. The summed E-state index contributed by atoms with van der Waals surface area (Å²) in [7, 11) is 0. The molecular formula is C11H19ClN2. The highest BCUT2D eigenvalue weighted by Crippen LogP contribution is 2.29. The molecule has 0 amide bonds. The van der Waals surface area contributed by atoms with Crippen molar-refractivity contribution in [3.63, 3.8) is 0 Å². The third kappa shape index (κ3) is 2.74. The van der Waals surface area contributed by atoms with Crippen LogP contribution >= 0.6 is 11.6 Å². The smallest absolute Gasteiger partial charge is 0.0527 e. The van der Waals surface area contributed by atoms with E-state index in [1.165, 1.54) is 5.56 Å². The molecule has 0 aliphatic rings.